The van der Waals surface area contributed by atoms with Gasteiger partial charge in [0.15, 0.2) is 24.8 Å². The van der Waals surface area contributed by atoms with Crippen LogP contribution in [0.5, 0.6) is 0 Å². The van der Waals surface area contributed by atoms with Crippen molar-refractivity contribution < 1.29 is 77.2 Å². The molecule has 4 heterocycles. The van der Waals surface area contributed by atoms with Crippen LogP contribution in [-0.2, 0) is 34.6 Å². The molecule has 4 nitrogen and oxygen atoms in total. The molecule has 8 aromatic carbocycles. The summed E-state index contributed by atoms with van der Waals surface area (Å²) in [5.74, 6) is 0. The number of hydrogen-bond acceptors (Lipinski definition) is 0. The van der Waals surface area contributed by atoms with Crippen LogP contribution in [-0.4, -0.2) is 0 Å². The Labute approximate surface area is 612 Å². The molecule has 0 aliphatic heterocycles. The molecule has 92 heavy (non-hydrogen) atoms. The van der Waals surface area contributed by atoms with Crippen molar-refractivity contribution in [1.29, 1.82) is 0 Å². The lowest BCUT2D eigenvalue weighted by Gasteiger charge is -2.17. The Morgan fingerprint density at radius 2 is 0.685 bits per heavy atom. The molecular weight excluding hydrogens is 1110 g/mol. The summed E-state index contributed by atoms with van der Waals surface area (Å²) in [6, 6.07) is 14.4. The van der Waals surface area contributed by atoms with E-state index >= 15 is 0 Å². The van der Waals surface area contributed by atoms with Gasteiger partial charge < -0.3 is 0 Å². The highest BCUT2D eigenvalue weighted by molar-refractivity contribution is 5.79. The summed E-state index contributed by atoms with van der Waals surface area (Å²) < 4.78 is 352. The Hall–Kier alpha value is -9.64. The first-order valence-corrected chi connectivity index (χ1v) is 28.9. The fraction of sp³-hybridized carbons (Fsp3) is 0.227. The molecule has 0 N–H and O–H groups in total. The van der Waals surface area contributed by atoms with E-state index in [9.17, 15) is 0 Å². The van der Waals surface area contributed by atoms with Gasteiger partial charge in [-0.3, -0.25) is 0 Å². The van der Waals surface area contributed by atoms with Crippen LogP contribution in [0.3, 0.4) is 0 Å². The molecule has 4 heteroatoms. The molecule has 0 aliphatic rings. The third kappa shape index (κ3) is 16.3. The molecule has 0 saturated carbocycles. The molecule has 12 aromatic rings. The standard InChI is InChI=1S/C25H30N.C22H24N.C21H22N.C20H20N/c1-18-14-19(2)23(15-22(18)21-10-8-7-9-11-21)24-13-12-20(17-26(24)6)16-25(3,4)5;1-15-12-22(23(5)14-18(15)4)21-13-20(16(2)11-17(21)3)19-9-7-6-8-10-19;1-15-10-11-21(22(4)14-15)20-13-19(16(2)12-17(20)3)18-8-6-5-7-9-18;1-15-13-16(2)19(20-11-7-8-12-21(20)3)14-18(15)17-9-5-4-6-10-17/h7-15,17H,16H2,1-6H3;6-14H,1-5H3;5-14H,1-4H3;4-14H,1-3H3/q4*+1/i1D3,7D,8D,9D,10D,11D,16D2;1D3,2D3,4D3,6D,7D,8D,9D,10D;1D3,2D3,5D,6D,7D,8D,9D;1D3,4D,5D,6D,9D,10D. The van der Waals surface area contributed by atoms with Crippen LogP contribution in [0.15, 0.2) is 243 Å². The fourth-order valence-electron chi connectivity index (χ4n) is 10.3. The minimum absolute atomic E-state index is 0.00694. The molecular formula is C88H96N4+4. The normalized spacial score (nSPS) is 18.8. The Morgan fingerprint density at radius 1 is 0.326 bits per heavy atom. The molecule has 464 valence electrons. The second-order valence-corrected chi connectivity index (χ2v) is 22.8. The van der Waals surface area contributed by atoms with Crippen molar-refractivity contribution in [2.24, 2.45) is 33.6 Å². The van der Waals surface area contributed by atoms with Gasteiger partial charge in [0.2, 0.25) is 22.8 Å². The summed E-state index contributed by atoms with van der Waals surface area (Å²) in [5, 5.41) is 0. The summed E-state index contributed by atoms with van der Waals surface area (Å²) >= 11 is 0. The van der Waals surface area contributed by atoms with Crippen LogP contribution in [0.25, 0.3) is 89.5 Å². The van der Waals surface area contributed by atoms with E-state index in [2.05, 4.69) is 0 Å². The van der Waals surface area contributed by atoms with Crippen molar-refractivity contribution in [1.82, 2.24) is 0 Å². The van der Waals surface area contributed by atoms with Gasteiger partial charge >= 0.3 is 0 Å². The van der Waals surface area contributed by atoms with Crippen LogP contribution in [0.1, 0.15) is 146 Å². The van der Waals surface area contributed by atoms with Crippen molar-refractivity contribution in [3.8, 4) is 89.5 Å². The highest BCUT2D eigenvalue weighted by Gasteiger charge is 2.21. The van der Waals surface area contributed by atoms with E-state index < -0.39 is 186 Å². The number of hydrogen-bond donors (Lipinski definition) is 0. The largest absolute Gasteiger partial charge is 0.212 e. The monoisotopic (exact) mass is 1250 g/mol. The quantitative estimate of drug-likeness (QED) is 0.128. The highest BCUT2D eigenvalue weighted by atomic mass is 14.9. The third-order valence-corrected chi connectivity index (χ3v) is 14.8. The second-order valence-electron chi connectivity index (χ2n) is 22.8. The first-order chi connectivity index (χ1) is 61.5. The summed E-state index contributed by atoms with van der Waals surface area (Å²) in [7, 11) is 6.79. The molecule has 0 fully saturated rings. The first kappa shape index (κ1) is 30.7. The van der Waals surface area contributed by atoms with E-state index in [0.29, 0.717) is 55.9 Å². The van der Waals surface area contributed by atoms with Crippen LogP contribution in [0, 0.1) is 81.1 Å². The average Bonchev–Trinajstić information content (AvgIpc) is 0.751. The van der Waals surface area contributed by atoms with Crippen LogP contribution in [0.2, 0.25) is 0 Å². The van der Waals surface area contributed by atoms with Crippen molar-refractivity contribution in [3.05, 3.63) is 309 Å². The molecule has 0 atom stereocenters. The van der Waals surface area contributed by atoms with Gasteiger partial charge in [0, 0.05) is 101 Å². The number of aryl methyl sites for hydroxylation is 15. The Kier molecular flexibility index (Phi) is 9.84. The zero-order valence-corrected chi connectivity index (χ0v) is 52.8. The maximum absolute atomic E-state index is 8.58. The third-order valence-electron chi connectivity index (χ3n) is 14.8. The maximum atomic E-state index is 8.58. The number of pyridine rings is 4. The maximum Gasteiger partial charge on any atom is 0.212 e. The van der Waals surface area contributed by atoms with Crippen molar-refractivity contribution in [2.75, 3.05) is 0 Å². The van der Waals surface area contributed by atoms with Gasteiger partial charge in [-0.1, -0.05) is 166 Å². The highest BCUT2D eigenvalue weighted by Crippen LogP contribution is 2.36. The van der Waals surface area contributed by atoms with Gasteiger partial charge in [-0.15, -0.1) is 0 Å². The lowest BCUT2D eigenvalue weighted by Crippen LogP contribution is -2.32. The number of rotatable bonds is 9. The Morgan fingerprint density at radius 3 is 1.03 bits per heavy atom. The Bertz CT molecular complexity index is 6600. The Balaban J connectivity index is 0.000000203. The minimum Gasteiger partial charge on any atom is -0.201 e. The molecule has 0 aliphatic carbocycles. The van der Waals surface area contributed by atoms with Crippen molar-refractivity contribution in [3.63, 3.8) is 0 Å². The fourth-order valence-corrected chi connectivity index (χ4v) is 10.3. The summed E-state index contributed by atoms with van der Waals surface area (Å²) in [5.41, 5.74) is 4.73. The molecule has 0 amide bonds. The van der Waals surface area contributed by atoms with Gasteiger partial charge in [-0.2, -0.15) is 0 Å². The minimum atomic E-state index is -2.77. The van der Waals surface area contributed by atoms with Gasteiger partial charge in [-0.05, 0) is 224 Å². The predicted octanol–water partition coefficient (Wildman–Crippen LogP) is 20.4. The van der Waals surface area contributed by atoms with E-state index in [-0.39, 0.29) is 83.6 Å². The average molecular weight is 1250 g/mol. The molecule has 4 aromatic heterocycles. The van der Waals surface area contributed by atoms with Gasteiger partial charge in [0.1, 0.15) is 28.2 Å². The zero-order valence-electron chi connectivity index (χ0n) is 95.8. The van der Waals surface area contributed by atoms with E-state index in [1.807, 2.05) is 56.8 Å². The SMILES string of the molecule is [2H]c1c([2H])c([2H])c(-c2cc(-c3cc(C([2H])([2H])[2H])c(C([2H])([2H])[2H])c[n+]3C)c(C)cc2C([2H])([2H])[2H])c([2H])c1[2H].[2H]c1c([2H])c([2H])c(-c2cc(-c3ccc(C([2H])([2H])C(C)(C)C)c[n+]3C)c(C)cc2C([2H])([2H])[2H])c([2H])c1[2H].[2H]c1c([2H])c([2H])c(-c2cc(-c3ccc(C([2H])([2H])[2H])c[n+]3C)c(C)cc2C([2H])([2H])[2H])c([2H])c1[2H].[2H]c1c([2H])c([2H])c(-c2cc(-c3cccc[n+]3C)c(C)cc2C([2H])([2H])[2H])c([2H])c1[2H]. The van der Waals surface area contributed by atoms with E-state index in [1.165, 1.54) is 72.5 Å². The van der Waals surface area contributed by atoms with Crippen LogP contribution < -0.4 is 18.3 Å². The van der Waals surface area contributed by atoms with Crippen molar-refractivity contribution in [2.45, 2.75) is 103 Å². The summed E-state index contributed by atoms with van der Waals surface area (Å²) in [6.45, 7) is -5.88. The van der Waals surface area contributed by atoms with Gasteiger partial charge in [0.25, 0.3) is 0 Å². The summed E-state index contributed by atoms with van der Waals surface area (Å²) in [4.78, 5) is 0. The van der Waals surface area contributed by atoms with Crippen LogP contribution >= 0.6 is 0 Å². The van der Waals surface area contributed by atoms with E-state index in [4.69, 9.17) is 58.9 Å². The van der Waals surface area contributed by atoms with E-state index in [1.54, 1.807) is 87.5 Å². The summed E-state index contributed by atoms with van der Waals surface area (Å²) in [6.07, 6.45) is 4.59. The van der Waals surface area contributed by atoms with Crippen molar-refractivity contribution >= 4 is 0 Å². The molecule has 0 spiro atoms. The van der Waals surface area contributed by atoms with Gasteiger partial charge in [-0.25, -0.2) is 18.3 Å². The first-order valence-electron chi connectivity index (χ1n) is 50.4. The number of nitrogens with zero attached hydrogens (tertiary/aromatic N) is 4. The van der Waals surface area contributed by atoms with E-state index in [0.717, 1.165) is 11.3 Å². The number of benzene rings is 8. The molecule has 0 unspecified atom stereocenters. The predicted molar refractivity (Wildman–Crippen MR) is 389 cm³/mol. The topological polar surface area (TPSA) is 15.5 Å². The lowest BCUT2D eigenvalue weighted by atomic mass is 9.88. The molecule has 0 saturated heterocycles. The second kappa shape index (κ2) is 29.5. The van der Waals surface area contributed by atoms with Gasteiger partial charge in [0.05, 0.1) is 27.4 Å². The number of aromatic nitrogens is 4. The van der Waals surface area contributed by atoms with Crippen LogP contribution in [0.4, 0.5) is 0 Å². The zero-order chi connectivity index (χ0) is 103. The lowest BCUT2D eigenvalue weighted by molar-refractivity contribution is -0.661. The molecule has 12 rings (SSSR count). The molecule has 0 radical (unpaired) electrons. The molecule has 0 bridgehead atoms. The smallest absolute Gasteiger partial charge is 0.201 e.